The van der Waals surface area contributed by atoms with Crippen molar-refractivity contribution in [1.29, 1.82) is 0 Å². The van der Waals surface area contributed by atoms with Gasteiger partial charge in [0, 0.05) is 11.4 Å². The monoisotopic (exact) mass is 478 g/mol. The van der Waals surface area contributed by atoms with Crippen LogP contribution in [0.4, 0.5) is 16.2 Å². The van der Waals surface area contributed by atoms with Crippen LogP contribution in [0.2, 0.25) is 0 Å². The molecule has 0 saturated heterocycles. The van der Waals surface area contributed by atoms with Crippen molar-refractivity contribution in [2.45, 2.75) is 38.1 Å². The maximum Gasteiger partial charge on any atom is 0.312 e. The van der Waals surface area contributed by atoms with E-state index in [-0.39, 0.29) is 22.3 Å². The summed E-state index contributed by atoms with van der Waals surface area (Å²) in [6, 6.07) is 8.97. The van der Waals surface area contributed by atoms with Gasteiger partial charge >= 0.3 is 6.03 Å². The van der Waals surface area contributed by atoms with Gasteiger partial charge in [0.15, 0.2) is 0 Å². The van der Waals surface area contributed by atoms with Crippen molar-refractivity contribution < 1.29 is 27.5 Å². The van der Waals surface area contributed by atoms with Crippen LogP contribution in [0.25, 0.3) is 0 Å². The van der Waals surface area contributed by atoms with Gasteiger partial charge in [0.1, 0.15) is 22.4 Å². The molecule has 0 radical (unpaired) electrons. The van der Waals surface area contributed by atoms with Gasteiger partial charge in [-0.25, -0.2) is 13.2 Å². The molecular formula is C22H30N4O6S. The lowest BCUT2D eigenvalue weighted by Crippen LogP contribution is -2.49. The van der Waals surface area contributed by atoms with Gasteiger partial charge in [-0.2, -0.15) is 0 Å². The number of methoxy groups -OCH3 is 1. The Labute approximate surface area is 193 Å². The van der Waals surface area contributed by atoms with Crippen molar-refractivity contribution in [3.63, 3.8) is 0 Å². The van der Waals surface area contributed by atoms with Crippen LogP contribution in [-0.2, 0) is 14.8 Å². The predicted octanol–water partition coefficient (Wildman–Crippen LogP) is 2.92. The summed E-state index contributed by atoms with van der Waals surface area (Å²) in [5.74, 6) is -0.000224. The number of sulfonamides is 1. The van der Waals surface area contributed by atoms with Crippen molar-refractivity contribution >= 4 is 33.3 Å². The number of anilines is 2. The molecular weight excluding hydrogens is 448 g/mol. The first kappa shape index (κ1) is 25.8. The number of amides is 3. The van der Waals surface area contributed by atoms with Crippen LogP contribution < -0.4 is 30.6 Å². The van der Waals surface area contributed by atoms with Crippen LogP contribution in [0, 0.1) is 5.92 Å². The molecule has 33 heavy (non-hydrogen) atoms. The van der Waals surface area contributed by atoms with Crippen molar-refractivity contribution in [2.75, 3.05) is 23.8 Å². The highest BCUT2D eigenvalue weighted by molar-refractivity contribution is 7.92. The van der Waals surface area contributed by atoms with E-state index in [1.54, 1.807) is 31.2 Å². The number of rotatable bonds is 11. The number of benzene rings is 2. The third kappa shape index (κ3) is 7.01. The standard InChI is InChI=1S/C22H30N4O6S/c1-5-14(3)20(25-22(23)28)21(27)24-16-9-12-18(31-4)19(13-16)33(29,30)26-15-7-10-17(11-8-15)32-6-2/h7-14,20,26H,5-6H2,1-4H3,(H,24,27)(H3,23,25,28). The Bertz CT molecular complexity index is 1070. The first-order valence-corrected chi connectivity index (χ1v) is 11.9. The first-order valence-electron chi connectivity index (χ1n) is 10.4. The lowest BCUT2D eigenvalue weighted by molar-refractivity contribution is -0.119. The van der Waals surface area contributed by atoms with E-state index in [1.165, 1.54) is 25.3 Å². The van der Waals surface area contributed by atoms with Gasteiger partial charge < -0.3 is 25.8 Å². The Balaban J connectivity index is 2.30. The van der Waals surface area contributed by atoms with Crippen LogP contribution in [-0.4, -0.2) is 40.1 Å². The summed E-state index contributed by atoms with van der Waals surface area (Å²) in [6.07, 6.45) is 0.618. The summed E-state index contributed by atoms with van der Waals surface area (Å²) in [5.41, 5.74) is 5.74. The fourth-order valence-electron chi connectivity index (χ4n) is 3.04. The van der Waals surface area contributed by atoms with E-state index in [2.05, 4.69) is 15.4 Å². The number of hydrogen-bond donors (Lipinski definition) is 4. The Morgan fingerprint density at radius 2 is 1.70 bits per heavy atom. The molecule has 0 fully saturated rings. The van der Waals surface area contributed by atoms with Crippen molar-refractivity contribution in [1.82, 2.24) is 5.32 Å². The molecule has 2 atom stereocenters. The van der Waals surface area contributed by atoms with E-state index in [0.29, 0.717) is 24.5 Å². The molecule has 11 heteroatoms. The molecule has 0 spiro atoms. The van der Waals surface area contributed by atoms with Gasteiger partial charge in [0.05, 0.1) is 13.7 Å². The van der Waals surface area contributed by atoms with E-state index in [1.807, 2.05) is 13.8 Å². The topological polar surface area (TPSA) is 149 Å². The number of nitrogens with one attached hydrogen (secondary N) is 3. The molecule has 3 amide bonds. The van der Waals surface area contributed by atoms with E-state index < -0.39 is 28.0 Å². The Morgan fingerprint density at radius 3 is 2.24 bits per heavy atom. The summed E-state index contributed by atoms with van der Waals surface area (Å²) in [6.45, 7) is 6.01. The van der Waals surface area contributed by atoms with Gasteiger partial charge in [-0.15, -0.1) is 0 Å². The molecule has 0 aromatic heterocycles. The summed E-state index contributed by atoms with van der Waals surface area (Å²) in [4.78, 5) is 23.9. The number of carbonyl (C=O) groups excluding carboxylic acids is 2. The molecule has 0 bridgehead atoms. The first-order chi connectivity index (χ1) is 15.6. The Kier molecular flexibility index (Phi) is 8.92. The highest BCUT2D eigenvalue weighted by Gasteiger charge is 2.26. The largest absolute Gasteiger partial charge is 0.495 e. The van der Waals surface area contributed by atoms with Crippen molar-refractivity contribution in [3.05, 3.63) is 42.5 Å². The molecule has 180 valence electrons. The number of carbonyl (C=O) groups is 2. The lowest BCUT2D eigenvalue weighted by Gasteiger charge is -2.23. The van der Waals surface area contributed by atoms with Gasteiger partial charge in [-0.1, -0.05) is 20.3 Å². The maximum atomic E-state index is 13.1. The smallest absolute Gasteiger partial charge is 0.312 e. The summed E-state index contributed by atoms with van der Waals surface area (Å²) >= 11 is 0. The molecule has 0 aliphatic carbocycles. The quantitative estimate of drug-likeness (QED) is 0.390. The summed E-state index contributed by atoms with van der Waals surface area (Å²) in [5, 5.41) is 5.06. The van der Waals surface area contributed by atoms with Crippen LogP contribution in [0.5, 0.6) is 11.5 Å². The van der Waals surface area contributed by atoms with E-state index in [0.717, 1.165) is 0 Å². The number of ether oxygens (including phenoxy) is 2. The van der Waals surface area contributed by atoms with Crippen LogP contribution in [0.3, 0.4) is 0 Å². The molecule has 10 nitrogen and oxygen atoms in total. The summed E-state index contributed by atoms with van der Waals surface area (Å²) < 4.78 is 39.2. The number of nitrogens with two attached hydrogens (primary N) is 1. The zero-order valence-corrected chi connectivity index (χ0v) is 19.9. The zero-order valence-electron chi connectivity index (χ0n) is 19.0. The number of urea groups is 1. The van der Waals surface area contributed by atoms with E-state index in [9.17, 15) is 18.0 Å². The minimum absolute atomic E-state index is 0.0974. The highest BCUT2D eigenvalue weighted by Crippen LogP contribution is 2.29. The van der Waals surface area contributed by atoms with Crippen molar-refractivity contribution in [3.8, 4) is 11.5 Å². The minimum Gasteiger partial charge on any atom is -0.495 e. The predicted molar refractivity (Wildman–Crippen MR) is 126 cm³/mol. The van der Waals surface area contributed by atoms with Crippen molar-refractivity contribution in [2.24, 2.45) is 11.7 Å². The van der Waals surface area contributed by atoms with Gasteiger partial charge in [0.25, 0.3) is 10.0 Å². The SMILES string of the molecule is CCOc1ccc(NS(=O)(=O)c2cc(NC(=O)C(NC(N)=O)C(C)CC)ccc2OC)cc1. The number of primary amides is 1. The normalized spacial score (nSPS) is 12.8. The molecule has 0 saturated carbocycles. The molecule has 5 N–H and O–H groups in total. The molecule has 2 aromatic rings. The van der Waals surface area contributed by atoms with Gasteiger partial charge in [-0.3, -0.25) is 9.52 Å². The number of hydrogen-bond acceptors (Lipinski definition) is 6. The Morgan fingerprint density at radius 1 is 1.06 bits per heavy atom. The average molecular weight is 479 g/mol. The van der Waals surface area contributed by atoms with Crippen LogP contribution >= 0.6 is 0 Å². The second kappa shape index (κ2) is 11.4. The van der Waals surface area contributed by atoms with Crippen LogP contribution in [0.1, 0.15) is 27.2 Å². The van der Waals surface area contributed by atoms with Gasteiger partial charge in [0.2, 0.25) is 5.91 Å². The summed E-state index contributed by atoms with van der Waals surface area (Å²) in [7, 11) is -2.71. The Hall–Kier alpha value is -3.47. The molecule has 2 rings (SSSR count). The molecule has 2 aromatic carbocycles. The van der Waals surface area contributed by atoms with E-state index in [4.69, 9.17) is 15.2 Å². The third-order valence-corrected chi connectivity index (χ3v) is 6.33. The molecule has 0 aliphatic heterocycles. The fourth-order valence-corrected chi connectivity index (χ4v) is 4.29. The molecule has 0 heterocycles. The molecule has 2 unspecified atom stereocenters. The maximum absolute atomic E-state index is 13.1. The van der Waals surface area contributed by atoms with Gasteiger partial charge in [-0.05, 0) is 55.3 Å². The average Bonchev–Trinajstić information content (AvgIpc) is 2.78. The lowest BCUT2D eigenvalue weighted by atomic mass is 9.98. The zero-order chi connectivity index (χ0) is 24.6. The molecule has 0 aliphatic rings. The minimum atomic E-state index is -4.06. The van der Waals surface area contributed by atoms with Crippen LogP contribution in [0.15, 0.2) is 47.4 Å². The fraction of sp³-hybridized carbons (Fsp3) is 0.364. The second-order valence-corrected chi connectivity index (χ2v) is 8.94. The van der Waals surface area contributed by atoms with E-state index >= 15 is 0 Å². The third-order valence-electron chi connectivity index (χ3n) is 4.93. The second-order valence-electron chi connectivity index (χ2n) is 7.29. The highest BCUT2D eigenvalue weighted by atomic mass is 32.2.